The lowest BCUT2D eigenvalue weighted by Crippen LogP contribution is -2.17. The fraction of sp³-hybridized carbons (Fsp3) is 0.250. The van der Waals surface area contributed by atoms with Gasteiger partial charge in [0.05, 0.1) is 21.7 Å². The highest BCUT2D eigenvalue weighted by Crippen LogP contribution is 2.40. The summed E-state index contributed by atoms with van der Waals surface area (Å²) in [5.41, 5.74) is -0.116. The molecule has 0 saturated heterocycles. The van der Waals surface area contributed by atoms with Gasteiger partial charge in [0, 0.05) is 11.6 Å². The number of ether oxygens (including phenoxy) is 1. The highest BCUT2D eigenvalue weighted by Gasteiger charge is 2.33. The van der Waals surface area contributed by atoms with Gasteiger partial charge in [0.25, 0.3) is 0 Å². The summed E-state index contributed by atoms with van der Waals surface area (Å²) < 4.78 is 39.5. The van der Waals surface area contributed by atoms with Gasteiger partial charge >= 0.3 is 6.36 Å². The van der Waals surface area contributed by atoms with Crippen molar-refractivity contribution in [2.45, 2.75) is 13.0 Å². The smallest absolute Gasteiger partial charge is 0.404 e. The third kappa shape index (κ3) is 3.07. The number of alkyl halides is 3. The van der Waals surface area contributed by atoms with Crippen molar-refractivity contribution in [2.75, 3.05) is 0 Å². The summed E-state index contributed by atoms with van der Waals surface area (Å²) in [5, 5.41) is 8.17. The minimum atomic E-state index is -4.90. The second-order valence-electron chi connectivity index (χ2n) is 2.67. The van der Waals surface area contributed by atoms with Crippen molar-refractivity contribution >= 4 is 34.8 Å². The molecular formula is C8H4Cl3F3O2. The Bertz CT molecular complexity index is 406. The Kier molecular flexibility index (Phi) is 4.17. The maximum absolute atomic E-state index is 12.0. The molecule has 0 spiro atoms. The molecule has 1 aromatic rings. The summed E-state index contributed by atoms with van der Waals surface area (Å²) in [6, 6.07) is 0.832. The summed E-state index contributed by atoms with van der Waals surface area (Å²) in [5.74, 6) is -0.701. The van der Waals surface area contributed by atoms with Gasteiger partial charge in [-0.1, -0.05) is 34.8 Å². The normalized spacial score (nSPS) is 11.7. The number of aliphatic hydroxyl groups excluding tert-OH is 1. The van der Waals surface area contributed by atoms with Crippen LogP contribution in [0.1, 0.15) is 5.56 Å². The van der Waals surface area contributed by atoms with E-state index in [1.165, 1.54) is 0 Å². The highest BCUT2D eigenvalue weighted by atomic mass is 35.5. The van der Waals surface area contributed by atoms with E-state index in [0.29, 0.717) is 0 Å². The molecule has 16 heavy (non-hydrogen) atoms. The Morgan fingerprint density at radius 1 is 1.19 bits per heavy atom. The third-order valence-corrected chi connectivity index (χ3v) is 2.84. The molecule has 1 rings (SSSR count). The average molecular weight is 295 g/mol. The maximum atomic E-state index is 12.0. The van der Waals surface area contributed by atoms with E-state index in [1.807, 2.05) is 0 Å². The highest BCUT2D eigenvalue weighted by molar-refractivity contribution is 6.44. The van der Waals surface area contributed by atoms with Crippen LogP contribution in [0, 0.1) is 0 Å². The van der Waals surface area contributed by atoms with Gasteiger partial charge in [-0.3, -0.25) is 0 Å². The van der Waals surface area contributed by atoms with Crippen LogP contribution in [0.3, 0.4) is 0 Å². The molecule has 0 aromatic heterocycles. The summed E-state index contributed by atoms with van der Waals surface area (Å²) in [6.07, 6.45) is -4.90. The number of rotatable bonds is 2. The molecule has 0 heterocycles. The number of hydrogen-bond donors (Lipinski definition) is 1. The van der Waals surface area contributed by atoms with Crippen LogP contribution in [0.4, 0.5) is 13.2 Å². The van der Waals surface area contributed by atoms with Gasteiger partial charge in [-0.2, -0.15) is 0 Å². The van der Waals surface area contributed by atoms with E-state index in [4.69, 9.17) is 39.9 Å². The van der Waals surface area contributed by atoms with E-state index in [1.54, 1.807) is 0 Å². The Morgan fingerprint density at radius 3 is 2.19 bits per heavy atom. The molecule has 1 N–H and O–H groups in total. The molecule has 0 atom stereocenters. The van der Waals surface area contributed by atoms with Crippen LogP contribution in [0.15, 0.2) is 6.07 Å². The summed E-state index contributed by atoms with van der Waals surface area (Å²) in [4.78, 5) is 0. The van der Waals surface area contributed by atoms with Crippen LogP contribution in [0.5, 0.6) is 5.75 Å². The average Bonchev–Trinajstić information content (AvgIpc) is 2.13. The fourth-order valence-electron chi connectivity index (χ4n) is 0.969. The van der Waals surface area contributed by atoms with Gasteiger partial charge in [0.15, 0.2) is 0 Å². The van der Waals surface area contributed by atoms with Gasteiger partial charge < -0.3 is 9.84 Å². The molecule has 0 aliphatic heterocycles. The van der Waals surface area contributed by atoms with Gasteiger partial charge in [-0.25, -0.2) is 0 Å². The van der Waals surface area contributed by atoms with Crippen LogP contribution < -0.4 is 4.74 Å². The first-order valence-corrected chi connectivity index (χ1v) is 4.92. The number of halogens is 6. The Hall–Kier alpha value is -0.360. The largest absolute Gasteiger partial charge is 0.573 e. The first-order chi connectivity index (χ1) is 7.26. The Labute approximate surface area is 103 Å². The molecule has 0 amide bonds. The van der Waals surface area contributed by atoms with Crippen molar-refractivity contribution in [1.29, 1.82) is 0 Å². The quantitative estimate of drug-likeness (QED) is 0.835. The zero-order chi connectivity index (χ0) is 12.5. The molecule has 2 nitrogen and oxygen atoms in total. The predicted octanol–water partition coefficient (Wildman–Crippen LogP) is 4.04. The molecular weight excluding hydrogens is 291 g/mol. The molecule has 0 radical (unpaired) electrons. The number of benzene rings is 1. The van der Waals surface area contributed by atoms with Crippen molar-refractivity contribution in [1.82, 2.24) is 0 Å². The SMILES string of the molecule is OCc1c(Cl)c(Cl)cc(OC(F)(F)F)c1Cl. The van der Waals surface area contributed by atoms with Crippen molar-refractivity contribution in [2.24, 2.45) is 0 Å². The van der Waals surface area contributed by atoms with E-state index in [9.17, 15) is 13.2 Å². The van der Waals surface area contributed by atoms with E-state index in [2.05, 4.69) is 4.74 Å². The lowest BCUT2D eigenvalue weighted by Gasteiger charge is -2.14. The zero-order valence-electron chi connectivity index (χ0n) is 7.41. The van der Waals surface area contributed by atoms with Crippen molar-refractivity contribution in [3.05, 3.63) is 26.7 Å². The molecule has 0 saturated carbocycles. The molecule has 90 valence electrons. The third-order valence-electron chi connectivity index (χ3n) is 1.60. The zero-order valence-corrected chi connectivity index (χ0v) is 9.68. The molecule has 0 aliphatic carbocycles. The van der Waals surface area contributed by atoms with E-state index in [-0.39, 0.29) is 15.6 Å². The van der Waals surface area contributed by atoms with Crippen molar-refractivity contribution in [3.8, 4) is 5.75 Å². The molecule has 0 fully saturated rings. The number of hydrogen-bond acceptors (Lipinski definition) is 2. The molecule has 1 aromatic carbocycles. The summed E-state index contributed by atoms with van der Waals surface area (Å²) in [6.45, 7) is -0.646. The Morgan fingerprint density at radius 2 is 1.75 bits per heavy atom. The van der Waals surface area contributed by atoms with E-state index < -0.39 is 23.7 Å². The lowest BCUT2D eigenvalue weighted by atomic mass is 10.2. The minimum Gasteiger partial charge on any atom is -0.404 e. The van der Waals surface area contributed by atoms with Crippen LogP contribution >= 0.6 is 34.8 Å². The molecule has 8 heteroatoms. The van der Waals surface area contributed by atoms with E-state index in [0.717, 1.165) is 6.07 Å². The van der Waals surface area contributed by atoms with Crippen LogP contribution in [-0.4, -0.2) is 11.5 Å². The molecule has 0 unspecified atom stereocenters. The standard InChI is InChI=1S/C8H4Cl3F3O2/c9-4-1-5(16-8(12,13)14)7(11)3(2-15)6(4)10/h1,15H,2H2. The first-order valence-electron chi connectivity index (χ1n) is 3.79. The number of aliphatic hydroxyl groups is 1. The van der Waals surface area contributed by atoms with Gasteiger partial charge in [0.1, 0.15) is 5.75 Å². The van der Waals surface area contributed by atoms with Crippen LogP contribution in [0.25, 0.3) is 0 Å². The molecule has 0 aliphatic rings. The van der Waals surface area contributed by atoms with Gasteiger partial charge in [-0.05, 0) is 0 Å². The van der Waals surface area contributed by atoms with Crippen molar-refractivity contribution in [3.63, 3.8) is 0 Å². The van der Waals surface area contributed by atoms with Crippen molar-refractivity contribution < 1.29 is 23.0 Å². The predicted molar refractivity (Wildman–Crippen MR) is 54.1 cm³/mol. The van der Waals surface area contributed by atoms with Gasteiger partial charge in [-0.15, -0.1) is 13.2 Å². The summed E-state index contributed by atoms with van der Waals surface area (Å²) in [7, 11) is 0. The van der Waals surface area contributed by atoms with E-state index >= 15 is 0 Å². The van der Waals surface area contributed by atoms with Gasteiger partial charge in [0.2, 0.25) is 0 Å². The molecule has 0 bridgehead atoms. The topological polar surface area (TPSA) is 29.5 Å². The lowest BCUT2D eigenvalue weighted by molar-refractivity contribution is -0.274. The maximum Gasteiger partial charge on any atom is 0.573 e. The minimum absolute atomic E-state index is 0.108. The monoisotopic (exact) mass is 294 g/mol. The second-order valence-corrected chi connectivity index (χ2v) is 3.83. The Balaban J connectivity index is 3.26. The summed E-state index contributed by atoms with van der Waals surface area (Å²) >= 11 is 16.7. The fourth-order valence-corrected chi connectivity index (χ4v) is 1.69. The van der Waals surface area contributed by atoms with Crippen LogP contribution in [0.2, 0.25) is 15.1 Å². The van der Waals surface area contributed by atoms with Crippen LogP contribution in [-0.2, 0) is 6.61 Å². The first kappa shape index (κ1) is 13.7. The second kappa shape index (κ2) is 4.87.